The third-order valence-electron chi connectivity index (χ3n) is 3.99. The molecule has 130 valence electrons. The molecule has 7 nitrogen and oxygen atoms in total. The van der Waals surface area contributed by atoms with Gasteiger partial charge in [-0.1, -0.05) is 13.3 Å². The lowest BCUT2D eigenvalue weighted by Crippen LogP contribution is -2.49. The number of ether oxygens (including phenoxy) is 1. The van der Waals surface area contributed by atoms with Gasteiger partial charge < -0.3 is 14.9 Å². The summed E-state index contributed by atoms with van der Waals surface area (Å²) in [6.07, 6.45) is 1.88. The minimum atomic E-state index is -0.780. The molecular weight excluding hydrogens is 320 g/mol. The summed E-state index contributed by atoms with van der Waals surface area (Å²) >= 11 is 1.63. The lowest BCUT2D eigenvalue weighted by Gasteiger charge is -2.39. The number of rotatable bonds is 6. The zero-order chi connectivity index (χ0) is 17.0. The number of hydrogen-bond acceptors (Lipinski definition) is 6. The van der Waals surface area contributed by atoms with E-state index in [9.17, 15) is 19.8 Å². The van der Waals surface area contributed by atoms with Gasteiger partial charge in [0.05, 0.1) is 12.7 Å². The number of unbranched alkanes of at least 4 members (excludes halogenated alkanes) is 1. The Morgan fingerprint density at radius 2 is 2.22 bits per heavy atom. The first kappa shape index (κ1) is 18.3. The van der Waals surface area contributed by atoms with Crippen molar-refractivity contribution in [1.29, 1.82) is 0 Å². The van der Waals surface area contributed by atoms with Crippen molar-refractivity contribution in [2.75, 3.05) is 12.4 Å². The fourth-order valence-corrected chi connectivity index (χ4v) is 4.02. The minimum Gasteiger partial charge on any atom is -0.394 e. The van der Waals surface area contributed by atoms with Gasteiger partial charge in [0.15, 0.2) is 0 Å². The summed E-state index contributed by atoms with van der Waals surface area (Å²) in [5, 5.41) is 19.6. The molecule has 1 unspecified atom stereocenters. The molecule has 0 aliphatic carbocycles. The van der Waals surface area contributed by atoms with Crippen LogP contribution in [0.3, 0.4) is 0 Å². The Kier molecular flexibility index (Phi) is 6.46. The summed E-state index contributed by atoms with van der Waals surface area (Å²) in [7, 11) is 0. The number of nitrogens with zero attached hydrogens (tertiary/aromatic N) is 1. The van der Waals surface area contributed by atoms with Gasteiger partial charge in [0.1, 0.15) is 12.3 Å². The molecule has 4 atom stereocenters. The molecular formula is C15H24N2O5S. The Bertz CT molecular complexity index is 629. The van der Waals surface area contributed by atoms with Crippen molar-refractivity contribution in [1.82, 2.24) is 9.55 Å². The highest BCUT2D eigenvalue weighted by atomic mass is 32.2. The van der Waals surface area contributed by atoms with Crippen molar-refractivity contribution < 1.29 is 14.9 Å². The first-order valence-corrected chi connectivity index (χ1v) is 8.90. The third kappa shape index (κ3) is 4.26. The summed E-state index contributed by atoms with van der Waals surface area (Å²) in [6.45, 7) is 3.39. The van der Waals surface area contributed by atoms with E-state index in [1.807, 2.05) is 0 Å². The number of aryl methyl sites for hydroxylation is 1. The standard InChI is InChI=1S/C15H24N2O5S/c1-3-4-5-23-11-6-12(22-10(8-18)13(11)19)17-7-9(2)14(20)16-15(17)21/h7,10-13,18-19H,3-6,8H2,1-2H3,(H,16,20,21)/t10-,11-,12?,13-/m1/s1. The number of H-pyrrole nitrogens is 1. The van der Waals surface area contributed by atoms with E-state index in [0.29, 0.717) is 12.0 Å². The van der Waals surface area contributed by atoms with Gasteiger partial charge >= 0.3 is 5.69 Å². The second-order valence-electron chi connectivity index (χ2n) is 5.78. The van der Waals surface area contributed by atoms with E-state index < -0.39 is 29.7 Å². The van der Waals surface area contributed by atoms with E-state index >= 15 is 0 Å². The molecule has 8 heteroatoms. The molecule has 1 aliphatic heterocycles. The topological polar surface area (TPSA) is 105 Å². The molecule has 1 fully saturated rings. The van der Waals surface area contributed by atoms with Gasteiger partial charge in [-0.3, -0.25) is 14.3 Å². The van der Waals surface area contributed by atoms with Crippen LogP contribution in [0.2, 0.25) is 0 Å². The van der Waals surface area contributed by atoms with Crippen LogP contribution in [0.15, 0.2) is 15.8 Å². The first-order chi connectivity index (χ1) is 11.0. The molecule has 0 saturated carbocycles. The Morgan fingerprint density at radius 3 is 2.87 bits per heavy atom. The molecule has 1 aromatic heterocycles. The Labute approximate surface area is 138 Å². The van der Waals surface area contributed by atoms with E-state index in [4.69, 9.17) is 4.74 Å². The Hall–Kier alpha value is -1.09. The Morgan fingerprint density at radius 1 is 1.48 bits per heavy atom. The summed E-state index contributed by atoms with van der Waals surface area (Å²) in [4.78, 5) is 25.8. The van der Waals surface area contributed by atoms with Gasteiger partial charge in [-0.2, -0.15) is 11.8 Å². The average molecular weight is 344 g/mol. The van der Waals surface area contributed by atoms with Crippen molar-refractivity contribution in [2.24, 2.45) is 0 Å². The smallest absolute Gasteiger partial charge is 0.330 e. The number of thioether (sulfide) groups is 1. The fourth-order valence-electron chi connectivity index (χ4n) is 2.59. The predicted molar refractivity (Wildman–Crippen MR) is 88.8 cm³/mol. The number of aliphatic hydroxyl groups excluding tert-OH is 2. The molecule has 2 rings (SSSR count). The number of aliphatic hydroxyl groups is 2. The maximum Gasteiger partial charge on any atom is 0.330 e. The first-order valence-electron chi connectivity index (χ1n) is 7.86. The highest BCUT2D eigenvalue weighted by Crippen LogP contribution is 2.34. The van der Waals surface area contributed by atoms with Crippen LogP contribution >= 0.6 is 11.8 Å². The molecule has 2 heterocycles. The van der Waals surface area contributed by atoms with Crippen LogP contribution in [0.5, 0.6) is 0 Å². The van der Waals surface area contributed by atoms with Crippen molar-refractivity contribution in [2.45, 2.75) is 56.8 Å². The summed E-state index contributed by atoms with van der Waals surface area (Å²) in [5.41, 5.74) is -0.555. The van der Waals surface area contributed by atoms with Gasteiger partial charge in [0.25, 0.3) is 5.56 Å². The van der Waals surface area contributed by atoms with Gasteiger partial charge in [-0.25, -0.2) is 4.79 Å². The molecule has 0 amide bonds. The lowest BCUT2D eigenvalue weighted by atomic mass is 10.0. The molecule has 0 radical (unpaired) electrons. The number of aromatic amines is 1. The number of aromatic nitrogens is 2. The molecule has 3 N–H and O–H groups in total. The van der Waals surface area contributed by atoms with Crippen LogP contribution < -0.4 is 11.2 Å². The molecule has 1 saturated heterocycles. The normalized spacial score (nSPS) is 28.0. The van der Waals surface area contributed by atoms with Crippen molar-refractivity contribution in [3.63, 3.8) is 0 Å². The van der Waals surface area contributed by atoms with Crippen LogP contribution in [0, 0.1) is 6.92 Å². The molecule has 23 heavy (non-hydrogen) atoms. The second-order valence-corrected chi connectivity index (χ2v) is 7.13. The van der Waals surface area contributed by atoms with Gasteiger partial charge in [-0.05, 0) is 19.1 Å². The van der Waals surface area contributed by atoms with Crippen molar-refractivity contribution in [3.05, 3.63) is 32.6 Å². The highest BCUT2D eigenvalue weighted by Gasteiger charge is 2.38. The zero-order valence-electron chi connectivity index (χ0n) is 13.4. The zero-order valence-corrected chi connectivity index (χ0v) is 14.2. The predicted octanol–water partition coefficient (Wildman–Crippen LogP) is 0.388. The van der Waals surface area contributed by atoms with Crippen LogP contribution in [-0.4, -0.2) is 49.6 Å². The van der Waals surface area contributed by atoms with Crippen LogP contribution in [0.25, 0.3) is 0 Å². The average Bonchev–Trinajstić information content (AvgIpc) is 2.53. The summed E-state index contributed by atoms with van der Waals surface area (Å²) < 4.78 is 7.01. The SMILES string of the molecule is CCCCS[C@@H]1CC(n2cc(C)c(=O)[nH]c2=O)O[C@H](CO)[C@H]1O. The van der Waals surface area contributed by atoms with Crippen molar-refractivity contribution in [3.8, 4) is 0 Å². The van der Waals surface area contributed by atoms with Crippen LogP contribution in [0.1, 0.15) is 38.0 Å². The minimum absolute atomic E-state index is 0.128. The highest BCUT2D eigenvalue weighted by molar-refractivity contribution is 7.99. The van der Waals surface area contributed by atoms with Crippen molar-refractivity contribution >= 4 is 11.8 Å². The largest absolute Gasteiger partial charge is 0.394 e. The van der Waals surface area contributed by atoms with E-state index in [-0.39, 0.29) is 11.9 Å². The second kappa shape index (κ2) is 8.14. The van der Waals surface area contributed by atoms with Gasteiger partial charge in [0.2, 0.25) is 0 Å². The third-order valence-corrected chi connectivity index (χ3v) is 5.42. The molecule has 1 aromatic rings. The number of nitrogens with one attached hydrogen (secondary N) is 1. The molecule has 0 bridgehead atoms. The van der Waals surface area contributed by atoms with E-state index in [2.05, 4.69) is 11.9 Å². The Balaban J connectivity index is 2.23. The summed E-state index contributed by atoms with van der Waals surface area (Å²) in [6, 6.07) is 0. The number of hydrogen-bond donors (Lipinski definition) is 3. The molecule has 1 aliphatic rings. The van der Waals surface area contributed by atoms with E-state index in [1.165, 1.54) is 10.8 Å². The van der Waals surface area contributed by atoms with E-state index in [0.717, 1.165) is 18.6 Å². The maximum absolute atomic E-state index is 12.0. The quantitative estimate of drug-likeness (QED) is 0.645. The molecule has 0 spiro atoms. The van der Waals surface area contributed by atoms with Crippen LogP contribution in [-0.2, 0) is 4.74 Å². The van der Waals surface area contributed by atoms with Gasteiger partial charge in [-0.15, -0.1) is 0 Å². The fraction of sp³-hybridized carbons (Fsp3) is 0.733. The van der Waals surface area contributed by atoms with Crippen LogP contribution in [0.4, 0.5) is 0 Å². The molecule has 0 aromatic carbocycles. The summed E-state index contributed by atoms with van der Waals surface area (Å²) in [5.74, 6) is 0.905. The lowest BCUT2D eigenvalue weighted by molar-refractivity contribution is -0.157. The maximum atomic E-state index is 12.0. The van der Waals surface area contributed by atoms with Gasteiger partial charge in [0, 0.05) is 23.4 Å². The van der Waals surface area contributed by atoms with E-state index in [1.54, 1.807) is 18.7 Å². The monoisotopic (exact) mass is 344 g/mol.